The van der Waals surface area contributed by atoms with Crippen molar-refractivity contribution < 1.29 is 14.8 Å². The van der Waals surface area contributed by atoms with E-state index in [0.717, 1.165) is 5.56 Å². The second kappa shape index (κ2) is 6.56. The molecule has 0 spiro atoms. The highest BCUT2D eigenvalue weighted by molar-refractivity contribution is 6.30. The van der Waals surface area contributed by atoms with Crippen LogP contribution in [0.25, 0.3) is 0 Å². The third-order valence-electron chi connectivity index (χ3n) is 3.04. The summed E-state index contributed by atoms with van der Waals surface area (Å²) in [6.45, 7) is 1.65. The molecule has 0 aliphatic heterocycles. The van der Waals surface area contributed by atoms with Crippen LogP contribution < -0.4 is 4.74 Å². The Morgan fingerprint density at radius 3 is 2.57 bits per heavy atom. The van der Waals surface area contributed by atoms with Crippen LogP contribution in [0.2, 0.25) is 5.02 Å². The highest BCUT2D eigenvalue weighted by Crippen LogP contribution is 2.34. The van der Waals surface area contributed by atoms with E-state index in [0.29, 0.717) is 22.8 Å². The highest BCUT2D eigenvalue weighted by atomic mass is 35.5. The van der Waals surface area contributed by atoms with Crippen molar-refractivity contribution in [3.63, 3.8) is 0 Å². The van der Waals surface area contributed by atoms with Gasteiger partial charge in [0.15, 0.2) is 0 Å². The summed E-state index contributed by atoms with van der Waals surface area (Å²) in [6, 6.07) is 9.56. The topological polar surface area (TPSA) is 72.6 Å². The highest BCUT2D eigenvalue weighted by Gasteiger charge is 2.17. The fourth-order valence-corrected chi connectivity index (χ4v) is 2.10. The Kier molecular flexibility index (Phi) is 4.77. The minimum atomic E-state index is -0.483. The van der Waals surface area contributed by atoms with Crippen LogP contribution in [0.5, 0.6) is 11.5 Å². The third kappa shape index (κ3) is 3.51. The molecule has 0 aliphatic carbocycles. The van der Waals surface area contributed by atoms with Gasteiger partial charge in [-0.1, -0.05) is 24.6 Å². The summed E-state index contributed by atoms with van der Waals surface area (Å²) in [5.74, 6) is 0.475. The van der Waals surface area contributed by atoms with Crippen molar-refractivity contribution in [2.75, 3.05) is 0 Å². The minimum Gasteiger partial charge on any atom is -0.450 e. The number of nitrogens with zero attached hydrogens (tertiary/aromatic N) is 1. The van der Waals surface area contributed by atoms with Crippen molar-refractivity contribution in [1.29, 1.82) is 0 Å². The van der Waals surface area contributed by atoms with E-state index in [4.69, 9.17) is 16.3 Å². The van der Waals surface area contributed by atoms with Gasteiger partial charge in [-0.05, 0) is 36.2 Å². The van der Waals surface area contributed by atoms with Gasteiger partial charge < -0.3 is 9.84 Å². The van der Waals surface area contributed by atoms with Crippen molar-refractivity contribution in [2.45, 2.75) is 20.0 Å². The number of nitro benzene ring substituents is 1. The van der Waals surface area contributed by atoms with E-state index in [2.05, 4.69) is 0 Å². The van der Waals surface area contributed by atoms with E-state index >= 15 is 0 Å². The molecule has 1 N–H and O–H groups in total. The van der Waals surface area contributed by atoms with Crippen LogP contribution in [0.4, 0.5) is 5.69 Å². The van der Waals surface area contributed by atoms with Gasteiger partial charge in [0.25, 0.3) is 0 Å². The summed E-state index contributed by atoms with van der Waals surface area (Å²) in [4.78, 5) is 10.7. The predicted molar refractivity (Wildman–Crippen MR) is 79.9 cm³/mol. The fraction of sp³-hybridized carbons (Fsp3) is 0.200. The van der Waals surface area contributed by atoms with Crippen LogP contribution in [0.3, 0.4) is 0 Å². The van der Waals surface area contributed by atoms with E-state index in [1.807, 2.05) is 6.92 Å². The van der Waals surface area contributed by atoms with Crippen LogP contribution in [0.1, 0.15) is 18.1 Å². The van der Waals surface area contributed by atoms with E-state index in [9.17, 15) is 15.2 Å². The minimum absolute atomic E-state index is 0.104. The smallest absolute Gasteiger partial charge is 0.311 e. The Bertz CT molecular complexity index is 673. The van der Waals surface area contributed by atoms with E-state index in [-0.39, 0.29) is 18.0 Å². The first-order valence-corrected chi connectivity index (χ1v) is 6.77. The molecular weight excluding hydrogens is 294 g/mol. The van der Waals surface area contributed by atoms with Gasteiger partial charge in [-0.3, -0.25) is 10.1 Å². The predicted octanol–water partition coefficient (Wildman–Crippen LogP) is 4.10. The van der Waals surface area contributed by atoms with Crippen LogP contribution in [-0.4, -0.2) is 10.0 Å². The Morgan fingerprint density at radius 1 is 1.24 bits per heavy atom. The van der Waals surface area contributed by atoms with Crippen molar-refractivity contribution in [3.05, 3.63) is 62.7 Å². The lowest BCUT2D eigenvalue weighted by Crippen LogP contribution is -1.97. The average molecular weight is 308 g/mol. The van der Waals surface area contributed by atoms with Crippen LogP contribution in [0.15, 0.2) is 36.4 Å². The molecule has 0 aromatic heterocycles. The number of rotatable bonds is 5. The number of aliphatic hydroxyl groups excluding tert-OH is 1. The monoisotopic (exact) mass is 307 g/mol. The standard InChI is InChI=1S/C15H14ClNO4/c1-2-10-3-5-15(13(7-10)17(19)20)21-14-6-4-12(16)8-11(14)9-18/h3-8,18H,2,9H2,1H3. The fourth-order valence-electron chi connectivity index (χ4n) is 1.90. The average Bonchev–Trinajstić information content (AvgIpc) is 2.49. The van der Waals surface area contributed by atoms with Gasteiger partial charge >= 0.3 is 5.69 Å². The third-order valence-corrected chi connectivity index (χ3v) is 3.28. The number of hydrogen-bond donors (Lipinski definition) is 1. The molecular formula is C15H14ClNO4. The zero-order chi connectivity index (χ0) is 15.4. The number of ether oxygens (including phenoxy) is 1. The van der Waals surface area contributed by atoms with Gasteiger partial charge in [-0.2, -0.15) is 0 Å². The molecule has 0 heterocycles. The number of aliphatic hydroxyl groups is 1. The zero-order valence-corrected chi connectivity index (χ0v) is 12.1. The summed E-state index contributed by atoms with van der Waals surface area (Å²) >= 11 is 5.84. The molecule has 0 fully saturated rings. The summed E-state index contributed by atoms with van der Waals surface area (Å²) in [7, 11) is 0. The maximum absolute atomic E-state index is 11.1. The lowest BCUT2D eigenvalue weighted by atomic mass is 10.1. The van der Waals surface area contributed by atoms with Gasteiger partial charge in [0.05, 0.1) is 11.5 Å². The lowest BCUT2D eigenvalue weighted by Gasteiger charge is -2.11. The molecule has 0 unspecified atom stereocenters. The van der Waals surface area contributed by atoms with E-state index < -0.39 is 4.92 Å². The van der Waals surface area contributed by atoms with Gasteiger partial charge in [0.1, 0.15) is 5.75 Å². The van der Waals surface area contributed by atoms with Gasteiger partial charge in [0, 0.05) is 16.7 Å². The largest absolute Gasteiger partial charge is 0.450 e. The molecule has 0 bridgehead atoms. The molecule has 0 saturated carbocycles. The summed E-state index contributed by atoms with van der Waals surface area (Å²) in [5.41, 5.74) is 1.22. The molecule has 0 radical (unpaired) electrons. The van der Waals surface area contributed by atoms with Crippen LogP contribution in [0, 0.1) is 10.1 Å². The first kappa shape index (κ1) is 15.3. The first-order chi connectivity index (χ1) is 10.0. The summed E-state index contributed by atoms with van der Waals surface area (Å²) in [6.07, 6.45) is 0.698. The van der Waals surface area contributed by atoms with E-state index in [1.54, 1.807) is 30.3 Å². The van der Waals surface area contributed by atoms with Crippen LogP contribution >= 0.6 is 11.6 Å². The maximum Gasteiger partial charge on any atom is 0.311 e. The van der Waals surface area contributed by atoms with Crippen molar-refractivity contribution in [1.82, 2.24) is 0 Å². The zero-order valence-electron chi connectivity index (χ0n) is 11.4. The van der Waals surface area contributed by atoms with Crippen molar-refractivity contribution in [2.24, 2.45) is 0 Å². The normalized spacial score (nSPS) is 10.4. The summed E-state index contributed by atoms with van der Waals surface area (Å²) < 4.78 is 5.59. The molecule has 0 saturated heterocycles. The number of hydrogen-bond acceptors (Lipinski definition) is 4. The Labute approximate surface area is 126 Å². The quantitative estimate of drug-likeness (QED) is 0.667. The Hall–Kier alpha value is -2.11. The molecule has 6 heteroatoms. The van der Waals surface area contributed by atoms with Gasteiger partial charge in [-0.25, -0.2) is 0 Å². The van der Waals surface area contributed by atoms with Crippen molar-refractivity contribution >= 4 is 17.3 Å². The van der Waals surface area contributed by atoms with Crippen LogP contribution in [-0.2, 0) is 13.0 Å². The number of halogens is 1. The maximum atomic E-state index is 11.1. The molecule has 0 aliphatic rings. The lowest BCUT2D eigenvalue weighted by molar-refractivity contribution is -0.385. The Balaban J connectivity index is 2.42. The first-order valence-electron chi connectivity index (χ1n) is 6.39. The van der Waals surface area contributed by atoms with Gasteiger partial charge in [0.2, 0.25) is 5.75 Å². The van der Waals surface area contributed by atoms with Crippen molar-refractivity contribution in [3.8, 4) is 11.5 Å². The molecule has 2 aromatic rings. The number of aryl methyl sites for hydroxylation is 1. The Morgan fingerprint density at radius 2 is 1.95 bits per heavy atom. The molecule has 5 nitrogen and oxygen atoms in total. The SMILES string of the molecule is CCc1ccc(Oc2ccc(Cl)cc2CO)c([N+](=O)[O-])c1. The summed E-state index contributed by atoms with van der Waals surface area (Å²) in [5, 5.41) is 20.9. The number of benzene rings is 2. The molecule has 2 aromatic carbocycles. The van der Waals surface area contributed by atoms with E-state index in [1.165, 1.54) is 6.07 Å². The number of nitro groups is 1. The molecule has 110 valence electrons. The second-order valence-corrected chi connectivity index (χ2v) is 4.86. The second-order valence-electron chi connectivity index (χ2n) is 4.42. The molecule has 2 rings (SSSR count). The molecule has 0 atom stereocenters. The molecule has 21 heavy (non-hydrogen) atoms. The van der Waals surface area contributed by atoms with Gasteiger partial charge in [-0.15, -0.1) is 0 Å². The molecule has 0 amide bonds.